The number of benzene rings is 1. The van der Waals surface area contributed by atoms with E-state index in [0.29, 0.717) is 27.5 Å². The molecular formula is C12H8Cl2N2O. The number of hydrogen-bond donors (Lipinski definition) is 1. The molecule has 2 N–H and O–H groups in total. The largest absolute Gasteiger partial charge is 0.383 e. The number of halogens is 2. The van der Waals surface area contributed by atoms with Gasteiger partial charge in [-0.15, -0.1) is 0 Å². The first kappa shape index (κ1) is 11.9. The van der Waals surface area contributed by atoms with Gasteiger partial charge in [0.1, 0.15) is 5.82 Å². The first-order chi connectivity index (χ1) is 8.13. The molecule has 2 aromatic rings. The van der Waals surface area contributed by atoms with E-state index in [4.69, 9.17) is 28.9 Å². The first-order valence-electron chi connectivity index (χ1n) is 4.78. The second kappa shape index (κ2) is 4.73. The Hall–Kier alpha value is -1.58. The van der Waals surface area contributed by atoms with Gasteiger partial charge in [0.2, 0.25) is 0 Å². The summed E-state index contributed by atoms with van der Waals surface area (Å²) < 4.78 is 0. The van der Waals surface area contributed by atoms with Crippen molar-refractivity contribution in [3.8, 4) is 11.1 Å². The van der Waals surface area contributed by atoms with Crippen LogP contribution in [0.5, 0.6) is 0 Å². The van der Waals surface area contributed by atoms with E-state index in [-0.39, 0.29) is 5.82 Å². The van der Waals surface area contributed by atoms with Gasteiger partial charge in [-0.25, -0.2) is 4.98 Å². The van der Waals surface area contributed by atoms with Crippen LogP contribution >= 0.6 is 23.2 Å². The van der Waals surface area contributed by atoms with Gasteiger partial charge in [-0.05, 0) is 12.1 Å². The zero-order valence-electron chi connectivity index (χ0n) is 8.65. The third-order valence-electron chi connectivity index (χ3n) is 2.34. The molecule has 0 bridgehead atoms. The third-order valence-corrected chi connectivity index (χ3v) is 3.16. The zero-order valence-corrected chi connectivity index (χ0v) is 10.2. The molecule has 0 saturated carbocycles. The Morgan fingerprint density at radius 3 is 2.76 bits per heavy atom. The van der Waals surface area contributed by atoms with E-state index in [1.807, 2.05) is 0 Å². The predicted molar refractivity (Wildman–Crippen MR) is 69.5 cm³/mol. The van der Waals surface area contributed by atoms with Crippen molar-refractivity contribution in [2.24, 2.45) is 0 Å². The summed E-state index contributed by atoms with van der Waals surface area (Å²) in [6.45, 7) is 0. The van der Waals surface area contributed by atoms with Crippen molar-refractivity contribution in [1.82, 2.24) is 4.98 Å². The second-order valence-corrected chi connectivity index (χ2v) is 4.20. The number of hydrogen-bond acceptors (Lipinski definition) is 3. The Morgan fingerprint density at radius 2 is 2.06 bits per heavy atom. The summed E-state index contributed by atoms with van der Waals surface area (Å²) in [7, 11) is 0. The molecule has 0 unspecified atom stereocenters. The predicted octanol–water partition coefficient (Wildman–Crippen LogP) is 3.45. The van der Waals surface area contributed by atoms with Crippen LogP contribution < -0.4 is 5.73 Å². The Balaban J connectivity index is 2.61. The van der Waals surface area contributed by atoms with E-state index in [1.165, 1.54) is 0 Å². The van der Waals surface area contributed by atoms with E-state index in [2.05, 4.69) is 4.98 Å². The average molecular weight is 267 g/mol. The highest BCUT2D eigenvalue weighted by atomic mass is 35.5. The Morgan fingerprint density at radius 1 is 1.29 bits per heavy atom. The van der Waals surface area contributed by atoms with Crippen LogP contribution in [0.3, 0.4) is 0 Å². The number of aromatic nitrogens is 1. The van der Waals surface area contributed by atoms with Gasteiger partial charge in [0.05, 0.1) is 15.6 Å². The monoisotopic (exact) mass is 266 g/mol. The van der Waals surface area contributed by atoms with Crippen molar-refractivity contribution < 1.29 is 4.79 Å². The molecule has 17 heavy (non-hydrogen) atoms. The fourth-order valence-electron chi connectivity index (χ4n) is 1.46. The van der Waals surface area contributed by atoms with E-state index >= 15 is 0 Å². The topological polar surface area (TPSA) is 56.0 Å². The highest BCUT2D eigenvalue weighted by Gasteiger charge is 2.09. The molecule has 1 aromatic carbocycles. The molecule has 0 fully saturated rings. The number of aldehydes is 1. The lowest BCUT2D eigenvalue weighted by Crippen LogP contribution is -1.97. The van der Waals surface area contributed by atoms with Gasteiger partial charge in [-0.3, -0.25) is 4.79 Å². The summed E-state index contributed by atoms with van der Waals surface area (Å²) in [4.78, 5) is 14.7. The van der Waals surface area contributed by atoms with Crippen LogP contribution in [-0.2, 0) is 0 Å². The lowest BCUT2D eigenvalue weighted by molar-refractivity contribution is 0.112. The number of carbonyl (C=O) groups excluding carboxylic acids is 1. The molecule has 0 aliphatic rings. The van der Waals surface area contributed by atoms with Crippen LogP contribution in [0, 0.1) is 0 Å². The lowest BCUT2D eigenvalue weighted by atomic mass is 10.1. The van der Waals surface area contributed by atoms with E-state index in [9.17, 15) is 4.79 Å². The quantitative estimate of drug-likeness (QED) is 0.848. The highest BCUT2D eigenvalue weighted by molar-refractivity contribution is 6.43. The zero-order chi connectivity index (χ0) is 12.4. The van der Waals surface area contributed by atoms with Gasteiger partial charge < -0.3 is 5.73 Å². The molecule has 0 aliphatic carbocycles. The molecule has 86 valence electrons. The van der Waals surface area contributed by atoms with E-state index in [0.717, 1.165) is 5.56 Å². The molecule has 0 aliphatic heterocycles. The van der Waals surface area contributed by atoms with Crippen molar-refractivity contribution in [3.63, 3.8) is 0 Å². The minimum Gasteiger partial charge on any atom is -0.383 e. The van der Waals surface area contributed by atoms with E-state index in [1.54, 1.807) is 30.5 Å². The molecule has 0 amide bonds. The Bertz CT molecular complexity index is 585. The van der Waals surface area contributed by atoms with Crippen LogP contribution in [0.15, 0.2) is 30.5 Å². The smallest absolute Gasteiger partial charge is 0.153 e. The minimum absolute atomic E-state index is 0.196. The van der Waals surface area contributed by atoms with Crippen molar-refractivity contribution in [2.75, 3.05) is 5.73 Å². The molecule has 0 spiro atoms. The number of pyridine rings is 1. The van der Waals surface area contributed by atoms with Gasteiger partial charge in [0.15, 0.2) is 6.29 Å². The number of nitrogen functional groups attached to an aromatic ring is 1. The van der Waals surface area contributed by atoms with Crippen molar-refractivity contribution in [2.45, 2.75) is 0 Å². The second-order valence-electron chi connectivity index (χ2n) is 3.42. The summed E-state index contributed by atoms with van der Waals surface area (Å²) in [5, 5.41) is 0.881. The van der Waals surface area contributed by atoms with Crippen LogP contribution in [-0.4, -0.2) is 11.3 Å². The maximum Gasteiger partial charge on any atom is 0.153 e. The fraction of sp³-hybridized carbons (Fsp3) is 0. The highest BCUT2D eigenvalue weighted by Crippen LogP contribution is 2.33. The SMILES string of the molecule is Nc1ncc(-c2cccc(Cl)c2Cl)cc1C=O. The number of nitrogens with zero attached hydrogens (tertiary/aromatic N) is 1. The number of nitrogens with two attached hydrogens (primary N) is 1. The van der Waals surface area contributed by atoms with Crippen LogP contribution in [0.2, 0.25) is 10.0 Å². The maximum atomic E-state index is 10.8. The van der Waals surface area contributed by atoms with Gasteiger partial charge in [0.25, 0.3) is 0 Å². The normalized spacial score (nSPS) is 10.2. The molecule has 0 atom stereocenters. The Kier molecular flexibility index (Phi) is 3.31. The minimum atomic E-state index is 0.196. The molecule has 5 heteroatoms. The van der Waals surface area contributed by atoms with Gasteiger partial charge in [0, 0.05) is 17.3 Å². The number of rotatable bonds is 2. The van der Waals surface area contributed by atoms with Crippen molar-refractivity contribution in [3.05, 3.63) is 46.1 Å². The molecular weight excluding hydrogens is 259 g/mol. The van der Waals surface area contributed by atoms with Gasteiger partial charge in [-0.2, -0.15) is 0 Å². The molecule has 1 aromatic heterocycles. The summed E-state index contributed by atoms with van der Waals surface area (Å²) in [6, 6.07) is 6.90. The summed E-state index contributed by atoms with van der Waals surface area (Å²) in [6.07, 6.45) is 2.21. The summed E-state index contributed by atoms with van der Waals surface area (Å²) >= 11 is 12.0. The van der Waals surface area contributed by atoms with Gasteiger partial charge >= 0.3 is 0 Å². The van der Waals surface area contributed by atoms with Gasteiger partial charge in [-0.1, -0.05) is 35.3 Å². The molecule has 0 radical (unpaired) electrons. The standard InChI is InChI=1S/C12H8Cl2N2O/c13-10-3-1-2-9(11(10)14)7-4-8(6-17)12(15)16-5-7/h1-6H,(H2,15,16). The lowest BCUT2D eigenvalue weighted by Gasteiger charge is -2.07. The third kappa shape index (κ3) is 2.25. The molecule has 1 heterocycles. The van der Waals surface area contributed by atoms with E-state index < -0.39 is 0 Å². The van der Waals surface area contributed by atoms with Crippen LogP contribution in [0.1, 0.15) is 10.4 Å². The van der Waals surface area contributed by atoms with Crippen LogP contribution in [0.25, 0.3) is 11.1 Å². The molecule has 3 nitrogen and oxygen atoms in total. The average Bonchev–Trinajstić information content (AvgIpc) is 2.34. The maximum absolute atomic E-state index is 10.8. The van der Waals surface area contributed by atoms with Crippen molar-refractivity contribution >= 4 is 35.3 Å². The number of anilines is 1. The summed E-state index contributed by atoms with van der Waals surface area (Å²) in [5.74, 6) is 0.196. The first-order valence-corrected chi connectivity index (χ1v) is 5.54. The van der Waals surface area contributed by atoms with Crippen molar-refractivity contribution in [1.29, 1.82) is 0 Å². The Labute approximate surface area is 108 Å². The molecule has 2 rings (SSSR count). The summed E-state index contributed by atoms with van der Waals surface area (Å²) in [5.41, 5.74) is 7.30. The van der Waals surface area contributed by atoms with Crippen LogP contribution in [0.4, 0.5) is 5.82 Å². The fourth-order valence-corrected chi connectivity index (χ4v) is 1.87. The number of carbonyl (C=O) groups is 1. The molecule has 0 saturated heterocycles.